The Morgan fingerprint density at radius 3 is 2.82 bits per heavy atom. The monoisotopic (exact) mass is 194 g/mol. The Morgan fingerprint density at radius 2 is 2.45 bits per heavy atom. The van der Waals surface area contributed by atoms with Crippen molar-refractivity contribution in [1.29, 1.82) is 0 Å². The van der Waals surface area contributed by atoms with E-state index in [-0.39, 0.29) is 11.3 Å². The van der Waals surface area contributed by atoms with Crippen LogP contribution >= 0.6 is 20.2 Å². The van der Waals surface area contributed by atoms with Gasteiger partial charge in [-0.05, 0) is 23.7 Å². The van der Waals surface area contributed by atoms with Crippen LogP contribution in [0, 0.1) is 0 Å². The summed E-state index contributed by atoms with van der Waals surface area (Å²) in [5.74, 6) is 0. The first-order chi connectivity index (χ1) is 5.02. The summed E-state index contributed by atoms with van der Waals surface area (Å²) in [4.78, 5) is 8.42. The highest BCUT2D eigenvalue weighted by Gasteiger charge is 2.11. The maximum absolute atomic E-state index is 10.2. The van der Waals surface area contributed by atoms with Gasteiger partial charge in [-0.1, -0.05) is 0 Å². The molecule has 0 heterocycles. The van der Waals surface area contributed by atoms with Gasteiger partial charge < -0.3 is 5.73 Å². The Kier molecular flexibility index (Phi) is 4.85. The molecule has 0 saturated carbocycles. The van der Waals surface area contributed by atoms with E-state index in [1.165, 1.54) is 0 Å². The van der Waals surface area contributed by atoms with E-state index in [1.54, 1.807) is 6.92 Å². The van der Waals surface area contributed by atoms with Crippen molar-refractivity contribution in [2.45, 2.75) is 6.92 Å². The van der Waals surface area contributed by atoms with Gasteiger partial charge in [-0.2, -0.15) is 9.99 Å². The minimum absolute atomic E-state index is 0.0327. The number of nitrogens with one attached hydrogen (secondary N) is 1. The van der Waals surface area contributed by atoms with Crippen LogP contribution in [0.5, 0.6) is 0 Å². The normalized spacial score (nSPS) is 12.5. The predicted octanol–water partition coefficient (Wildman–Crippen LogP) is -0.0698. The van der Waals surface area contributed by atoms with E-state index in [0.29, 0.717) is 5.71 Å². The molecule has 7 heteroatoms. The molecule has 0 aromatic rings. The molecule has 1 atom stereocenters. The summed E-state index contributed by atoms with van der Waals surface area (Å²) in [7, 11) is -2.18. The van der Waals surface area contributed by atoms with E-state index < -0.39 is 8.03 Å². The van der Waals surface area contributed by atoms with E-state index in [0.717, 1.165) is 0 Å². The first kappa shape index (κ1) is 10.4. The number of hydrazone groups is 1. The molecule has 0 aliphatic heterocycles. The second kappa shape index (κ2) is 5.12. The summed E-state index contributed by atoms with van der Waals surface area (Å²) >= 11 is 4.45. The van der Waals surface area contributed by atoms with E-state index in [4.69, 9.17) is 10.6 Å². The molecule has 0 fully saturated rings. The van der Waals surface area contributed by atoms with Crippen molar-refractivity contribution in [3.63, 3.8) is 0 Å². The Bertz CT molecular complexity index is 206. The van der Waals surface area contributed by atoms with Crippen molar-refractivity contribution in [1.82, 2.24) is 5.43 Å². The summed E-state index contributed by atoms with van der Waals surface area (Å²) in [5.41, 5.74) is 7.85. The highest BCUT2D eigenvalue weighted by Crippen LogP contribution is 2.11. The molecule has 0 rings (SSSR count). The van der Waals surface area contributed by atoms with Crippen molar-refractivity contribution in [2.75, 3.05) is 6.16 Å². The Hall–Kier alpha value is -0.580. The molecule has 0 aliphatic rings. The van der Waals surface area contributed by atoms with Gasteiger partial charge in [-0.3, -0.25) is 5.43 Å². The molecular weight excluding hydrogens is 185 g/mol. The fraction of sp³-hybridized carbons (Fsp3) is 0.500. The van der Waals surface area contributed by atoms with Gasteiger partial charge in [0.05, 0.1) is 5.71 Å². The topological polar surface area (TPSA) is 87.7 Å². The van der Waals surface area contributed by atoms with Crippen LogP contribution in [0.1, 0.15) is 6.92 Å². The van der Waals surface area contributed by atoms with Crippen molar-refractivity contribution in [2.24, 2.45) is 10.8 Å². The zero-order chi connectivity index (χ0) is 8.85. The third-order valence-corrected chi connectivity index (χ3v) is 1.54. The third kappa shape index (κ3) is 7.32. The molecule has 0 bridgehead atoms. The minimum Gasteiger partial charge on any atom is -0.375 e. The van der Waals surface area contributed by atoms with Crippen molar-refractivity contribution in [3.8, 4) is 0 Å². The number of nitrogens with two attached hydrogens (primary N) is 1. The summed E-state index contributed by atoms with van der Waals surface area (Å²) < 4.78 is 10.2. The average molecular weight is 194 g/mol. The van der Waals surface area contributed by atoms with Crippen molar-refractivity contribution >= 4 is 31.1 Å². The lowest BCUT2D eigenvalue weighted by atomic mass is 10.5. The molecule has 62 valence electrons. The molecule has 0 amide bonds. The second-order valence-electron chi connectivity index (χ2n) is 1.83. The van der Waals surface area contributed by atoms with Gasteiger partial charge in [0.25, 0.3) is 0 Å². The van der Waals surface area contributed by atoms with Crippen LogP contribution in [-0.4, -0.2) is 21.9 Å². The standard InChI is InChI=1S/C4H8N3O2PS/c1-3(2-10(8)9)6-7-4(5)11/h2H2,1H3,(H3-,5,7,8,9,11)/p+1. The smallest absolute Gasteiger partial charge is 0.375 e. The van der Waals surface area contributed by atoms with E-state index >= 15 is 0 Å². The zero-order valence-electron chi connectivity index (χ0n) is 5.94. The molecule has 0 saturated heterocycles. The van der Waals surface area contributed by atoms with Gasteiger partial charge in [0.2, 0.25) is 6.16 Å². The number of rotatable bonds is 3. The molecule has 0 radical (unpaired) electrons. The molecule has 0 aliphatic carbocycles. The van der Waals surface area contributed by atoms with Crippen LogP contribution in [0.15, 0.2) is 5.10 Å². The third-order valence-electron chi connectivity index (χ3n) is 0.721. The number of thiocarbonyl (C=S) groups is 1. The Labute approximate surface area is 70.5 Å². The van der Waals surface area contributed by atoms with Gasteiger partial charge in [0.15, 0.2) is 5.11 Å². The molecule has 1 unspecified atom stereocenters. The zero-order valence-corrected chi connectivity index (χ0v) is 7.65. The van der Waals surface area contributed by atoms with Gasteiger partial charge in [0.1, 0.15) is 0 Å². The number of hydrogen-bond acceptors (Lipinski definition) is 3. The average Bonchev–Trinajstić information content (AvgIpc) is 1.82. The molecule has 11 heavy (non-hydrogen) atoms. The maximum atomic E-state index is 10.2. The highest BCUT2D eigenvalue weighted by molar-refractivity contribution is 7.80. The van der Waals surface area contributed by atoms with Crippen LogP contribution in [0.4, 0.5) is 0 Å². The molecular formula is C4H9N3O2PS+. The highest BCUT2D eigenvalue weighted by atomic mass is 32.1. The molecule has 0 spiro atoms. The maximum Gasteiger partial charge on any atom is 0.511 e. The summed E-state index contributed by atoms with van der Waals surface area (Å²) in [6.45, 7) is 1.61. The van der Waals surface area contributed by atoms with Gasteiger partial charge in [-0.15, -0.1) is 0 Å². The van der Waals surface area contributed by atoms with Crippen molar-refractivity contribution in [3.05, 3.63) is 0 Å². The summed E-state index contributed by atoms with van der Waals surface area (Å²) in [6, 6.07) is 0. The predicted molar refractivity (Wildman–Crippen MR) is 47.7 cm³/mol. The minimum atomic E-state index is -2.18. The van der Waals surface area contributed by atoms with Crippen LogP contribution in [-0.2, 0) is 4.57 Å². The molecule has 4 N–H and O–H groups in total. The number of nitrogens with zero attached hydrogens (tertiary/aromatic N) is 1. The quantitative estimate of drug-likeness (QED) is 0.253. The van der Waals surface area contributed by atoms with Crippen LogP contribution < -0.4 is 11.2 Å². The lowest BCUT2D eigenvalue weighted by Crippen LogP contribution is -2.25. The van der Waals surface area contributed by atoms with Gasteiger partial charge in [0, 0.05) is 0 Å². The van der Waals surface area contributed by atoms with Crippen LogP contribution in [0.25, 0.3) is 0 Å². The fourth-order valence-corrected chi connectivity index (χ4v) is 0.889. The lowest BCUT2D eigenvalue weighted by molar-refractivity contribution is 0.507. The van der Waals surface area contributed by atoms with E-state index in [9.17, 15) is 4.57 Å². The Morgan fingerprint density at radius 1 is 1.91 bits per heavy atom. The summed E-state index contributed by atoms with van der Waals surface area (Å²) in [5, 5.41) is 3.66. The molecule has 0 aromatic carbocycles. The number of hydrogen-bond donors (Lipinski definition) is 3. The van der Waals surface area contributed by atoms with Crippen molar-refractivity contribution < 1.29 is 9.46 Å². The largest absolute Gasteiger partial charge is 0.511 e. The van der Waals surface area contributed by atoms with Crippen LogP contribution in [0.2, 0.25) is 0 Å². The lowest BCUT2D eigenvalue weighted by Gasteiger charge is -1.93. The molecule has 5 nitrogen and oxygen atoms in total. The Balaban J connectivity index is 3.81. The molecule has 0 aromatic heterocycles. The van der Waals surface area contributed by atoms with E-state index in [2.05, 4.69) is 22.7 Å². The van der Waals surface area contributed by atoms with Gasteiger partial charge in [-0.25, -0.2) is 0 Å². The van der Waals surface area contributed by atoms with Gasteiger partial charge >= 0.3 is 8.03 Å². The SMILES string of the molecule is CC(C[P+](=O)O)=NNC(N)=S. The second-order valence-corrected chi connectivity index (χ2v) is 3.29. The van der Waals surface area contributed by atoms with Crippen LogP contribution in [0.3, 0.4) is 0 Å². The summed E-state index contributed by atoms with van der Waals surface area (Å²) in [6.07, 6.45) is 0.0327. The van der Waals surface area contributed by atoms with E-state index in [1.807, 2.05) is 0 Å². The first-order valence-electron chi connectivity index (χ1n) is 2.74. The fourth-order valence-electron chi connectivity index (χ4n) is 0.382. The first-order valence-corrected chi connectivity index (χ1v) is 4.55.